The number of aromatic carboxylic acids is 1. The maximum absolute atomic E-state index is 13.3. The van der Waals surface area contributed by atoms with Gasteiger partial charge in [-0.3, -0.25) is 14.4 Å². The Labute approximate surface area is 241 Å². The Morgan fingerprint density at radius 1 is 0.756 bits per heavy atom. The van der Waals surface area contributed by atoms with Crippen LogP contribution in [0.25, 0.3) is 6.08 Å². The quantitative estimate of drug-likeness (QED) is 0.142. The number of rotatable bonds is 10. The number of anilines is 2. The van der Waals surface area contributed by atoms with E-state index in [9.17, 15) is 19.2 Å². The molecule has 0 unspecified atom stereocenters. The van der Waals surface area contributed by atoms with Crippen molar-refractivity contribution in [3.05, 3.63) is 131 Å². The maximum Gasteiger partial charge on any atom is 0.335 e. The summed E-state index contributed by atoms with van der Waals surface area (Å²) in [6, 6.07) is 29.1. The van der Waals surface area contributed by atoms with Crippen molar-refractivity contribution < 1.29 is 24.3 Å². The Balaban J connectivity index is 1.42. The fourth-order valence-electron chi connectivity index (χ4n) is 3.77. The van der Waals surface area contributed by atoms with Crippen LogP contribution in [0.15, 0.2) is 114 Å². The van der Waals surface area contributed by atoms with Crippen LogP contribution in [0.2, 0.25) is 0 Å². The molecule has 8 nitrogen and oxygen atoms in total. The van der Waals surface area contributed by atoms with Crippen molar-refractivity contribution in [3.63, 3.8) is 0 Å². The van der Waals surface area contributed by atoms with Crippen LogP contribution < -0.4 is 16.0 Å². The minimum atomic E-state index is -1.04. The second kappa shape index (κ2) is 13.8. The third kappa shape index (κ3) is 8.67. The number of carbonyl (C=O) groups excluding carboxylic acids is 3. The molecular weight excluding hydrogens is 538 g/mol. The summed E-state index contributed by atoms with van der Waals surface area (Å²) < 4.78 is 0. The van der Waals surface area contributed by atoms with Crippen molar-refractivity contribution in [1.82, 2.24) is 5.32 Å². The highest BCUT2D eigenvalue weighted by Crippen LogP contribution is 2.23. The van der Waals surface area contributed by atoms with Gasteiger partial charge in [0.25, 0.3) is 11.8 Å². The molecule has 0 saturated carbocycles. The number of hydrogen-bond acceptors (Lipinski definition) is 5. The van der Waals surface area contributed by atoms with E-state index in [1.54, 1.807) is 54.6 Å². The summed E-state index contributed by atoms with van der Waals surface area (Å²) in [6.45, 7) is 1.94. The number of hydrogen-bond donors (Lipinski definition) is 4. The minimum absolute atomic E-state index is 0.0794. The predicted molar refractivity (Wildman–Crippen MR) is 161 cm³/mol. The van der Waals surface area contributed by atoms with Crippen molar-refractivity contribution in [2.45, 2.75) is 11.8 Å². The van der Waals surface area contributed by atoms with Crippen molar-refractivity contribution in [1.29, 1.82) is 0 Å². The SMILES string of the molecule is Cc1cccc(/C=C(/NC(=O)c2ccccc2)C(=O)Nc2cccc(SCC(=O)Nc3ccc(C(=O)O)cc3)c2)c1. The van der Waals surface area contributed by atoms with E-state index in [2.05, 4.69) is 16.0 Å². The van der Waals surface area contributed by atoms with Crippen LogP contribution in [0.3, 0.4) is 0 Å². The highest BCUT2D eigenvalue weighted by Gasteiger charge is 2.15. The fourth-order valence-corrected chi connectivity index (χ4v) is 4.53. The topological polar surface area (TPSA) is 125 Å². The first-order chi connectivity index (χ1) is 19.8. The molecular formula is C32H27N3O5S. The maximum atomic E-state index is 13.3. The van der Waals surface area contributed by atoms with Gasteiger partial charge in [-0.05, 0) is 73.2 Å². The van der Waals surface area contributed by atoms with E-state index in [0.29, 0.717) is 16.9 Å². The van der Waals surface area contributed by atoms with Gasteiger partial charge in [-0.25, -0.2) is 4.79 Å². The van der Waals surface area contributed by atoms with E-state index < -0.39 is 17.8 Å². The molecule has 206 valence electrons. The van der Waals surface area contributed by atoms with Gasteiger partial charge in [0.1, 0.15) is 5.70 Å². The normalized spacial score (nSPS) is 10.9. The minimum Gasteiger partial charge on any atom is -0.478 e. The van der Waals surface area contributed by atoms with E-state index in [0.717, 1.165) is 16.0 Å². The van der Waals surface area contributed by atoms with E-state index in [4.69, 9.17) is 5.11 Å². The van der Waals surface area contributed by atoms with E-state index >= 15 is 0 Å². The lowest BCUT2D eigenvalue weighted by atomic mass is 10.1. The molecule has 41 heavy (non-hydrogen) atoms. The summed E-state index contributed by atoms with van der Waals surface area (Å²) in [7, 11) is 0. The average Bonchev–Trinajstić information content (AvgIpc) is 2.96. The lowest BCUT2D eigenvalue weighted by Gasteiger charge is -2.12. The smallest absolute Gasteiger partial charge is 0.335 e. The Kier molecular flexibility index (Phi) is 9.69. The lowest BCUT2D eigenvalue weighted by Crippen LogP contribution is -2.30. The Morgan fingerprint density at radius 2 is 1.49 bits per heavy atom. The van der Waals surface area contributed by atoms with Gasteiger partial charge in [0.15, 0.2) is 0 Å². The van der Waals surface area contributed by atoms with Crippen LogP contribution in [0.4, 0.5) is 11.4 Å². The first kappa shape index (κ1) is 28.8. The fraction of sp³-hybridized carbons (Fsp3) is 0.0625. The summed E-state index contributed by atoms with van der Waals surface area (Å²) in [4.78, 5) is 50.3. The van der Waals surface area contributed by atoms with E-state index in [1.807, 2.05) is 37.3 Å². The molecule has 9 heteroatoms. The zero-order chi connectivity index (χ0) is 29.2. The summed E-state index contributed by atoms with van der Waals surface area (Å²) in [5, 5.41) is 17.3. The molecule has 0 bridgehead atoms. The zero-order valence-electron chi connectivity index (χ0n) is 22.1. The Hall–Kier alpha value is -5.15. The van der Waals surface area contributed by atoms with Crippen molar-refractivity contribution >= 4 is 52.9 Å². The van der Waals surface area contributed by atoms with Crippen LogP contribution in [-0.4, -0.2) is 34.6 Å². The van der Waals surface area contributed by atoms with Crippen LogP contribution in [-0.2, 0) is 9.59 Å². The molecule has 4 aromatic rings. The van der Waals surface area contributed by atoms with Crippen LogP contribution in [0.5, 0.6) is 0 Å². The van der Waals surface area contributed by atoms with Crippen LogP contribution in [0.1, 0.15) is 31.8 Å². The number of benzene rings is 4. The lowest BCUT2D eigenvalue weighted by molar-refractivity contribution is -0.114. The summed E-state index contributed by atoms with van der Waals surface area (Å²) in [5.74, 6) is -2.11. The second-order valence-electron chi connectivity index (χ2n) is 8.99. The Bertz CT molecular complexity index is 1600. The van der Waals surface area contributed by atoms with E-state index in [1.165, 1.54) is 36.0 Å². The molecule has 0 radical (unpaired) electrons. The van der Waals surface area contributed by atoms with Crippen LogP contribution >= 0.6 is 11.8 Å². The van der Waals surface area contributed by atoms with Crippen LogP contribution in [0, 0.1) is 6.92 Å². The molecule has 0 aliphatic carbocycles. The predicted octanol–water partition coefficient (Wildman–Crippen LogP) is 5.83. The summed E-state index contributed by atoms with van der Waals surface area (Å²) >= 11 is 1.28. The van der Waals surface area contributed by atoms with Gasteiger partial charge in [-0.1, -0.05) is 54.1 Å². The third-order valence-electron chi connectivity index (χ3n) is 5.76. The highest BCUT2D eigenvalue weighted by atomic mass is 32.2. The summed E-state index contributed by atoms with van der Waals surface area (Å²) in [5.41, 5.74) is 3.39. The van der Waals surface area contributed by atoms with Gasteiger partial charge in [0.05, 0.1) is 11.3 Å². The number of nitrogens with one attached hydrogen (secondary N) is 3. The zero-order valence-corrected chi connectivity index (χ0v) is 22.9. The van der Waals surface area contributed by atoms with E-state index in [-0.39, 0.29) is 22.9 Å². The number of aryl methyl sites for hydroxylation is 1. The van der Waals surface area contributed by atoms with Gasteiger partial charge >= 0.3 is 5.97 Å². The second-order valence-corrected chi connectivity index (χ2v) is 10.0. The number of amides is 3. The first-order valence-electron chi connectivity index (χ1n) is 12.6. The molecule has 4 rings (SSSR count). The number of carboxylic acid groups (broad SMARTS) is 1. The molecule has 0 spiro atoms. The largest absolute Gasteiger partial charge is 0.478 e. The van der Waals surface area contributed by atoms with Crippen molar-refractivity contribution in [2.24, 2.45) is 0 Å². The molecule has 0 heterocycles. The highest BCUT2D eigenvalue weighted by molar-refractivity contribution is 8.00. The third-order valence-corrected chi connectivity index (χ3v) is 6.75. The molecule has 0 aliphatic heterocycles. The molecule has 0 aromatic heterocycles. The molecule has 4 N–H and O–H groups in total. The summed E-state index contributed by atoms with van der Waals surface area (Å²) in [6.07, 6.45) is 1.62. The first-order valence-corrected chi connectivity index (χ1v) is 13.6. The monoisotopic (exact) mass is 565 g/mol. The van der Waals surface area contributed by atoms with Gasteiger partial charge < -0.3 is 21.1 Å². The average molecular weight is 566 g/mol. The Morgan fingerprint density at radius 3 is 2.20 bits per heavy atom. The molecule has 3 amide bonds. The molecule has 4 aromatic carbocycles. The van der Waals surface area contributed by atoms with Crippen molar-refractivity contribution in [2.75, 3.05) is 16.4 Å². The standard InChI is InChI=1S/C32H27N3O5S/c1-21-7-5-8-22(17-21)18-28(35-30(37)23-9-3-2-4-10-23)31(38)34-26-11-6-12-27(19-26)41-20-29(36)33-25-15-13-24(14-16-25)32(39)40/h2-19H,20H2,1H3,(H,33,36)(H,34,38)(H,35,37)(H,39,40)/b28-18+. The molecule has 0 saturated heterocycles. The van der Waals surface area contributed by atoms with Crippen molar-refractivity contribution in [3.8, 4) is 0 Å². The number of carbonyl (C=O) groups is 4. The number of thioether (sulfide) groups is 1. The molecule has 0 atom stereocenters. The van der Waals surface area contributed by atoms with Gasteiger partial charge in [-0.15, -0.1) is 11.8 Å². The van der Waals surface area contributed by atoms with Gasteiger partial charge in [0, 0.05) is 21.8 Å². The van der Waals surface area contributed by atoms with Gasteiger partial charge in [-0.2, -0.15) is 0 Å². The number of carboxylic acids is 1. The van der Waals surface area contributed by atoms with Gasteiger partial charge in [0.2, 0.25) is 5.91 Å². The molecule has 0 aliphatic rings. The molecule has 0 fully saturated rings.